The van der Waals surface area contributed by atoms with Crippen LogP contribution >= 0.6 is 0 Å². The first-order valence-electron chi connectivity index (χ1n) is 5.82. The molecule has 0 aromatic carbocycles. The molecule has 1 aliphatic rings. The Hall–Kier alpha value is -1.58. The van der Waals surface area contributed by atoms with Crippen LogP contribution in [0.1, 0.15) is 31.4 Å². The van der Waals surface area contributed by atoms with E-state index in [4.69, 9.17) is 9.47 Å². The van der Waals surface area contributed by atoms with E-state index < -0.39 is 0 Å². The van der Waals surface area contributed by atoms with Crippen LogP contribution in [0.4, 0.5) is 0 Å². The average Bonchev–Trinajstić information content (AvgIpc) is 2.29. The van der Waals surface area contributed by atoms with Gasteiger partial charge in [-0.15, -0.1) is 0 Å². The molecule has 1 heterocycles. The van der Waals surface area contributed by atoms with Gasteiger partial charge in [0.2, 0.25) is 0 Å². The lowest BCUT2D eigenvalue weighted by Gasteiger charge is -2.40. The van der Waals surface area contributed by atoms with Crippen LogP contribution in [-0.2, 0) is 9.53 Å². The molecule has 0 unspecified atom stereocenters. The van der Waals surface area contributed by atoms with Gasteiger partial charge < -0.3 is 9.47 Å². The summed E-state index contributed by atoms with van der Waals surface area (Å²) in [6.45, 7) is 1.93. The van der Waals surface area contributed by atoms with E-state index in [2.05, 4.69) is 4.98 Å². The molecule has 1 aromatic rings. The van der Waals surface area contributed by atoms with Crippen LogP contribution in [-0.4, -0.2) is 23.7 Å². The summed E-state index contributed by atoms with van der Waals surface area (Å²) in [5.74, 6) is 0.504. The van der Waals surface area contributed by atoms with Crippen molar-refractivity contribution in [2.75, 3.05) is 7.11 Å². The van der Waals surface area contributed by atoms with Gasteiger partial charge in [0.1, 0.15) is 11.4 Å². The lowest BCUT2D eigenvalue weighted by Crippen LogP contribution is -2.45. The summed E-state index contributed by atoms with van der Waals surface area (Å²) < 4.78 is 10.6. The fourth-order valence-corrected chi connectivity index (χ4v) is 1.99. The molecule has 0 aliphatic heterocycles. The molecule has 4 nitrogen and oxygen atoms in total. The van der Waals surface area contributed by atoms with Gasteiger partial charge in [0.15, 0.2) is 0 Å². The maximum atomic E-state index is 11.3. The number of rotatable bonds is 4. The third kappa shape index (κ3) is 2.75. The number of nitrogens with zero attached hydrogens (tertiary/aromatic N) is 1. The largest absolute Gasteiger partial charge is 0.485 e. The highest BCUT2D eigenvalue weighted by Crippen LogP contribution is 2.39. The maximum absolute atomic E-state index is 11.3. The Morgan fingerprint density at radius 3 is 2.71 bits per heavy atom. The molecular formula is C13H17NO3. The first kappa shape index (κ1) is 11.9. The highest BCUT2D eigenvalue weighted by molar-refractivity contribution is 5.70. The van der Waals surface area contributed by atoms with E-state index in [0.29, 0.717) is 6.42 Å². The number of aryl methyl sites for hydroxylation is 1. The molecule has 0 atom stereocenters. The van der Waals surface area contributed by atoms with Gasteiger partial charge in [-0.3, -0.25) is 9.78 Å². The summed E-state index contributed by atoms with van der Waals surface area (Å²) in [5, 5.41) is 0. The lowest BCUT2D eigenvalue weighted by atomic mass is 9.77. The molecule has 0 amide bonds. The van der Waals surface area contributed by atoms with Crippen LogP contribution in [0.15, 0.2) is 18.3 Å². The number of hydrogen-bond donors (Lipinski definition) is 0. The highest BCUT2D eigenvalue weighted by atomic mass is 16.5. The molecule has 17 heavy (non-hydrogen) atoms. The van der Waals surface area contributed by atoms with Crippen LogP contribution in [0.2, 0.25) is 0 Å². The minimum Gasteiger partial charge on any atom is -0.485 e. The number of esters is 1. The van der Waals surface area contributed by atoms with Crippen molar-refractivity contribution in [1.29, 1.82) is 0 Å². The number of aromatic nitrogens is 1. The summed E-state index contributed by atoms with van der Waals surface area (Å²) >= 11 is 0. The Kier molecular flexibility index (Phi) is 3.31. The standard InChI is InChI=1S/C13H17NO3/c1-10-4-5-11(9-14-10)17-13(6-3-7-13)8-12(15)16-2/h4-5,9H,3,6-8H2,1-2H3. The molecule has 0 bridgehead atoms. The second-order valence-corrected chi connectivity index (χ2v) is 4.53. The third-order valence-electron chi connectivity index (χ3n) is 3.18. The number of carbonyl (C=O) groups is 1. The highest BCUT2D eigenvalue weighted by Gasteiger charge is 2.41. The topological polar surface area (TPSA) is 48.4 Å². The van der Waals surface area contributed by atoms with Crippen LogP contribution in [0.3, 0.4) is 0 Å². The molecule has 92 valence electrons. The summed E-state index contributed by atoms with van der Waals surface area (Å²) in [6.07, 6.45) is 4.91. The Labute approximate surface area is 101 Å². The summed E-state index contributed by atoms with van der Waals surface area (Å²) in [4.78, 5) is 15.5. The van der Waals surface area contributed by atoms with Crippen molar-refractivity contribution in [2.45, 2.75) is 38.2 Å². The van der Waals surface area contributed by atoms with Crippen molar-refractivity contribution in [2.24, 2.45) is 0 Å². The predicted molar refractivity (Wildman–Crippen MR) is 62.8 cm³/mol. The van der Waals surface area contributed by atoms with Crippen LogP contribution in [0, 0.1) is 6.92 Å². The van der Waals surface area contributed by atoms with Crippen molar-refractivity contribution < 1.29 is 14.3 Å². The molecule has 2 rings (SSSR count). The van der Waals surface area contributed by atoms with Gasteiger partial charge in [-0.25, -0.2) is 0 Å². The molecule has 0 N–H and O–H groups in total. The van der Waals surface area contributed by atoms with Gasteiger partial charge in [0.25, 0.3) is 0 Å². The Morgan fingerprint density at radius 1 is 1.47 bits per heavy atom. The number of methoxy groups -OCH3 is 1. The molecule has 4 heteroatoms. The van der Waals surface area contributed by atoms with Crippen molar-refractivity contribution in [1.82, 2.24) is 4.98 Å². The third-order valence-corrected chi connectivity index (χ3v) is 3.18. The van der Waals surface area contributed by atoms with E-state index in [1.165, 1.54) is 7.11 Å². The molecule has 1 aliphatic carbocycles. The summed E-state index contributed by atoms with van der Waals surface area (Å²) in [6, 6.07) is 3.79. The molecule has 0 saturated heterocycles. The van der Waals surface area contributed by atoms with Crippen LogP contribution in [0.5, 0.6) is 5.75 Å². The SMILES string of the molecule is COC(=O)CC1(Oc2ccc(C)nc2)CCC1. The predicted octanol–water partition coefficient (Wildman–Crippen LogP) is 2.25. The van der Waals surface area contributed by atoms with Gasteiger partial charge >= 0.3 is 5.97 Å². The normalized spacial score (nSPS) is 17.1. The fourth-order valence-electron chi connectivity index (χ4n) is 1.99. The second kappa shape index (κ2) is 4.73. The summed E-state index contributed by atoms with van der Waals surface area (Å²) in [5.41, 5.74) is 0.581. The molecule has 0 spiro atoms. The maximum Gasteiger partial charge on any atom is 0.309 e. The minimum atomic E-state index is -0.371. The zero-order valence-electron chi connectivity index (χ0n) is 10.2. The minimum absolute atomic E-state index is 0.218. The second-order valence-electron chi connectivity index (χ2n) is 4.53. The van der Waals surface area contributed by atoms with Gasteiger partial charge in [-0.05, 0) is 38.3 Å². The first-order valence-corrected chi connectivity index (χ1v) is 5.82. The molecule has 1 aromatic heterocycles. The molecule has 1 saturated carbocycles. The van der Waals surface area contributed by atoms with Gasteiger partial charge in [-0.1, -0.05) is 0 Å². The van der Waals surface area contributed by atoms with Crippen molar-refractivity contribution in [3.63, 3.8) is 0 Å². The molecule has 1 fully saturated rings. The van der Waals surface area contributed by atoms with E-state index in [-0.39, 0.29) is 11.6 Å². The quantitative estimate of drug-likeness (QED) is 0.751. The zero-order valence-corrected chi connectivity index (χ0v) is 10.2. The lowest BCUT2D eigenvalue weighted by molar-refractivity contribution is -0.148. The number of carbonyl (C=O) groups excluding carboxylic acids is 1. The van der Waals surface area contributed by atoms with E-state index in [1.807, 2.05) is 19.1 Å². The number of hydrogen-bond acceptors (Lipinski definition) is 4. The Bertz CT molecular complexity index is 396. The van der Waals surface area contributed by atoms with E-state index >= 15 is 0 Å². The van der Waals surface area contributed by atoms with Gasteiger partial charge in [0, 0.05) is 5.69 Å². The van der Waals surface area contributed by atoms with Crippen molar-refractivity contribution >= 4 is 5.97 Å². The van der Waals surface area contributed by atoms with Gasteiger partial charge in [-0.2, -0.15) is 0 Å². The Morgan fingerprint density at radius 2 is 2.24 bits per heavy atom. The van der Waals surface area contributed by atoms with Crippen molar-refractivity contribution in [3.05, 3.63) is 24.0 Å². The van der Waals surface area contributed by atoms with E-state index in [0.717, 1.165) is 30.7 Å². The van der Waals surface area contributed by atoms with Crippen molar-refractivity contribution in [3.8, 4) is 5.75 Å². The number of ether oxygens (including phenoxy) is 2. The summed E-state index contributed by atoms with van der Waals surface area (Å²) in [7, 11) is 1.40. The van der Waals surface area contributed by atoms with Gasteiger partial charge in [0.05, 0.1) is 19.7 Å². The monoisotopic (exact) mass is 235 g/mol. The van der Waals surface area contributed by atoms with Crippen LogP contribution < -0.4 is 4.74 Å². The number of pyridine rings is 1. The zero-order chi connectivity index (χ0) is 12.3. The van der Waals surface area contributed by atoms with E-state index in [9.17, 15) is 4.79 Å². The smallest absolute Gasteiger partial charge is 0.309 e. The van der Waals surface area contributed by atoms with E-state index in [1.54, 1.807) is 6.20 Å². The molecule has 0 radical (unpaired) electrons. The first-order chi connectivity index (χ1) is 8.13. The average molecular weight is 235 g/mol. The Balaban J connectivity index is 2.04. The molecular weight excluding hydrogens is 218 g/mol. The van der Waals surface area contributed by atoms with Crippen LogP contribution in [0.25, 0.3) is 0 Å². The fraction of sp³-hybridized carbons (Fsp3) is 0.538.